The molecular weight excluding hydrogens is 370 g/mol. The van der Waals surface area contributed by atoms with Gasteiger partial charge in [-0.3, -0.25) is 14.4 Å². The number of ketones is 1. The second-order valence-electron chi connectivity index (χ2n) is 6.28. The Balaban J connectivity index is 1.77. The monoisotopic (exact) mass is 381 g/mol. The van der Waals surface area contributed by atoms with Crippen molar-refractivity contribution in [3.8, 4) is 0 Å². The fourth-order valence-electron chi connectivity index (χ4n) is 4.26. The second-order valence-corrected chi connectivity index (χ2v) is 7.54. The third kappa shape index (κ3) is 1.85. The van der Waals surface area contributed by atoms with E-state index in [2.05, 4.69) is 15.9 Å². The number of nitrogens with zero attached hydrogens (tertiary/aromatic N) is 1. The van der Waals surface area contributed by atoms with Crippen LogP contribution in [-0.4, -0.2) is 17.6 Å². The lowest BCUT2D eigenvalue weighted by molar-refractivity contribution is -0.143. The van der Waals surface area contributed by atoms with Crippen molar-refractivity contribution in [2.45, 2.75) is 19.3 Å². The molecule has 6 heteroatoms. The minimum absolute atomic E-state index is 0.0230. The van der Waals surface area contributed by atoms with Gasteiger partial charge in [-0.15, -0.1) is 0 Å². The third-order valence-electron chi connectivity index (χ3n) is 5.23. The van der Waals surface area contributed by atoms with Gasteiger partial charge < -0.3 is 0 Å². The molecule has 3 aliphatic carbocycles. The van der Waals surface area contributed by atoms with Crippen LogP contribution in [0.25, 0.3) is 0 Å². The van der Waals surface area contributed by atoms with Gasteiger partial charge in [0.1, 0.15) is 5.78 Å². The van der Waals surface area contributed by atoms with Crippen molar-refractivity contribution < 1.29 is 14.4 Å². The van der Waals surface area contributed by atoms with E-state index in [1.807, 2.05) is 0 Å². The molecule has 1 heterocycles. The van der Waals surface area contributed by atoms with Gasteiger partial charge in [0, 0.05) is 16.8 Å². The number of fused-ring (bicyclic) bond motifs is 2. The minimum atomic E-state index is -0.463. The Morgan fingerprint density at radius 3 is 2.50 bits per heavy atom. The standard InChI is InChI=1S/C16H13BrClNO3/c17-10-4-2-8(6-11(10)18)19-15(21)13-7-1-3-9(12(20)5-7)14(13)16(19)22/h2,4,6-7,9,13-14H,1,3,5H2/t7-,9+,13+,14-/m1/s1. The predicted octanol–water partition coefficient (Wildman–Crippen LogP) is 3.21. The summed E-state index contributed by atoms with van der Waals surface area (Å²) >= 11 is 9.38. The molecule has 1 aromatic carbocycles. The van der Waals surface area contributed by atoms with E-state index in [0.29, 0.717) is 21.6 Å². The van der Waals surface area contributed by atoms with Crippen LogP contribution in [0.15, 0.2) is 22.7 Å². The van der Waals surface area contributed by atoms with Gasteiger partial charge in [0.2, 0.25) is 11.8 Å². The van der Waals surface area contributed by atoms with Crippen LogP contribution < -0.4 is 4.90 Å². The lowest BCUT2D eigenvalue weighted by atomic mass is 9.59. The Bertz CT molecular complexity index is 719. The van der Waals surface area contributed by atoms with Crippen LogP contribution in [0.3, 0.4) is 0 Å². The number of anilines is 1. The van der Waals surface area contributed by atoms with Crippen molar-refractivity contribution in [3.63, 3.8) is 0 Å². The Kier molecular flexibility index (Phi) is 3.20. The number of Topliss-reactive ketones (excluding diaryl/α,β-unsaturated/α-hetero) is 1. The van der Waals surface area contributed by atoms with Crippen LogP contribution in [0.2, 0.25) is 5.02 Å². The zero-order chi connectivity index (χ0) is 15.6. The van der Waals surface area contributed by atoms with Crippen LogP contribution in [0.4, 0.5) is 5.69 Å². The second kappa shape index (κ2) is 4.90. The quantitative estimate of drug-likeness (QED) is 0.701. The number of hydrogen-bond acceptors (Lipinski definition) is 3. The van der Waals surface area contributed by atoms with Gasteiger partial charge >= 0.3 is 0 Å². The Labute approximate surface area is 140 Å². The molecule has 3 saturated carbocycles. The van der Waals surface area contributed by atoms with Crippen molar-refractivity contribution >= 4 is 50.8 Å². The summed E-state index contributed by atoms with van der Waals surface area (Å²) in [7, 11) is 0. The number of carbonyl (C=O) groups excluding carboxylic acids is 3. The Morgan fingerprint density at radius 1 is 1.09 bits per heavy atom. The molecule has 114 valence electrons. The van der Waals surface area contributed by atoms with Crippen molar-refractivity contribution in [1.29, 1.82) is 0 Å². The molecule has 2 amide bonds. The molecule has 0 N–H and O–H groups in total. The van der Waals surface area contributed by atoms with E-state index in [9.17, 15) is 14.4 Å². The molecule has 4 fully saturated rings. The van der Waals surface area contributed by atoms with E-state index >= 15 is 0 Å². The Hall–Kier alpha value is -1.20. The molecule has 0 unspecified atom stereocenters. The number of benzene rings is 1. The molecule has 0 radical (unpaired) electrons. The molecule has 1 saturated heterocycles. The highest BCUT2D eigenvalue weighted by Gasteiger charge is 2.60. The zero-order valence-electron chi connectivity index (χ0n) is 11.6. The number of amides is 2. The van der Waals surface area contributed by atoms with Gasteiger partial charge in [-0.2, -0.15) is 0 Å². The number of halogens is 2. The van der Waals surface area contributed by atoms with Gasteiger partial charge in [0.15, 0.2) is 0 Å². The number of hydrogen-bond donors (Lipinski definition) is 0. The first-order valence-corrected chi connectivity index (χ1v) is 8.51. The van der Waals surface area contributed by atoms with Gasteiger partial charge in [0.05, 0.1) is 22.5 Å². The fraction of sp³-hybridized carbons (Fsp3) is 0.438. The maximum atomic E-state index is 12.8. The largest absolute Gasteiger partial charge is 0.299 e. The molecule has 0 aromatic heterocycles. The van der Waals surface area contributed by atoms with Crippen LogP contribution >= 0.6 is 27.5 Å². The molecule has 0 spiro atoms. The van der Waals surface area contributed by atoms with Crippen molar-refractivity contribution in [2.75, 3.05) is 4.90 Å². The molecule has 4 aliphatic rings. The van der Waals surface area contributed by atoms with E-state index in [1.165, 1.54) is 4.90 Å². The van der Waals surface area contributed by atoms with E-state index < -0.39 is 5.92 Å². The van der Waals surface area contributed by atoms with E-state index in [0.717, 1.165) is 12.8 Å². The first-order valence-electron chi connectivity index (χ1n) is 7.34. The molecule has 2 bridgehead atoms. The van der Waals surface area contributed by atoms with Gasteiger partial charge in [-0.25, -0.2) is 4.90 Å². The first-order chi connectivity index (χ1) is 10.5. The lowest BCUT2D eigenvalue weighted by Crippen LogP contribution is -2.46. The molecule has 4 nitrogen and oxygen atoms in total. The highest BCUT2D eigenvalue weighted by molar-refractivity contribution is 9.10. The third-order valence-corrected chi connectivity index (χ3v) is 6.46. The summed E-state index contributed by atoms with van der Waals surface area (Å²) < 4.78 is 0.713. The number of rotatable bonds is 1. The number of imide groups is 1. The van der Waals surface area contributed by atoms with E-state index in [1.54, 1.807) is 18.2 Å². The van der Waals surface area contributed by atoms with Gasteiger partial charge in [0.25, 0.3) is 0 Å². The predicted molar refractivity (Wildman–Crippen MR) is 84.5 cm³/mol. The van der Waals surface area contributed by atoms with Crippen molar-refractivity contribution in [2.24, 2.45) is 23.7 Å². The molecule has 22 heavy (non-hydrogen) atoms. The maximum Gasteiger partial charge on any atom is 0.238 e. The highest BCUT2D eigenvalue weighted by atomic mass is 79.9. The summed E-state index contributed by atoms with van der Waals surface area (Å²) in [5, 5.41) is 0.451. The van der Waals surface area contributed by atoms with Crippen LogP contribution in [0.1, 0.15) is 19.3 Å². The van der Waals surface area contributed by atoms with Crippen molar-refractivity contribution in [1.82, 2.24) is 0 Å². The first kappa shape index (κ1) is 14.4. The van der Waals surface area contributed by atoms with Gasteiger partial charge in [-0.05, 0) is 52.9 Å². The van der Waals surface area contributed by atoms with Gasteiger partial charge in [-0.1, -0.05) is 11.6 Å². The van der Waals surface area contributed by atoms with Crippen molar-refractivity contribution in [3.05, 3.63) is 27.7 Å². The molecule has 5 rings (SSSR count). The normalized spacial score (nSPS) is 33.5. The maximum absolute atomic E-state index is 12.8. The summed E-state index contributed by atoms with van der Waals surface area (Å²) in [4.78, 5) is 38.9. The van der Waals surface area contributed by atoms with Crippen LogP contribution in [0.5, 0.6) is 0 Å². The molecule has 1 aliphatic heterocycles. The van der Waals surface area contributed by atoms with E-state index in [-0.39, 0.29) is 35.4 Å². The summed E-state index contributed by atoms with van der Waals surface area (Å²) in [6, 6.07) is 5.04. The molecule has 4 atom stereocenters. The van der Waals surface area contributed by atoms with E-state index in [4.69, 9.17) is 11.6 Å². The highest BCUT2D eigenvalue weighted by Crippen LogP contribution is 2.52. The summed E-state index contributed by atoms with van der Waals surface area (Å²) in [5.74, 6) is -1.31. The summed E-state index contributed by atoms with van der Waals surface area (Å²) in [6.45, 7) is 0. The SMILES string of the molecule is O=C1C[C@H]2CC[C@@H]1[C@H]1C(=O)N(c3ccc(Br)c(Cl)c3)C(=O)[C@@H]21. The average molecular weight is 383 g/mol. The van der Waals surface area contributed by atoms with Crippen LogP contribution in [-0.2, 0) is 14.4 Å². The fourth-order valence-corrected chi connectivity index (χ4v) is 4.68. The number of carbonyl (C=O) groups is 3. The van der Waals surface area contributed by atoms with Crippen LogP contribution in [0, 0.1) is 23.7 Å². The smallest absolute Gasteiger partial charge is 0.238 e. The molecule has 1 aromatic rings. The minimum Gasteiger partial charge on any atom is -0.299 e. The summed E-state index contributed by atoms with van der Waals surface area (Å²) in [5.41, 5.74) is 0.490. The summed E-state index contributed by atoms with van der Waals surface area (Å²) in [6.07, 6.45) is 2.05. The zero-order valence-corrected chi connectivity index (χ0v) is 13.9. The Morgan fingerprint density at radius 2 is 1.82 bits per heavy atom. The molecular formula is C16H13BrClNO3. The lowest BCUT2D eigenvalue weighted by Gasteiger charge is -2.41. The topological polar surface area (TPSA) is 54.5 Å². The average Bonchev–Trinajstić information content (AvgIpc) is 2.76.